The molecule has 0 aromatic carbocycles. The van der Waals surface area contributed by atoms with Crippen molar-refractivity contribution in [2.24, 2.45) is 0 Å². The predicted octanol–water partition coefficient (Wildman–Crippen LogP) is 3.31. The van der Waals surface area contributed by atoms with Crippen LogP contribution in [0.4, 0.5) is 22.0 Å². The second kappa shape index (κ2) is 5.68. The van der Waals surface area contributed by atoms with Gasteiger partial charge >= 0.3 is 12.3 Å². The zero-order chi connectivity index (χ0) is 14.8. The molecule has 1 rings (SSSR count). The van der Waals surface area contributed by atoms with Gasteiger partial charge in [-0.3, -0.25) is 4.79 Å². The first kappa shape index (κ1) is 15.6. The number of hydrogen-bond donors (Lipinski definition) is 1. The van der Waals surface area contributed by atoms with Crippen molar-refractivity contribution in [1.29, 1.82) is 0 Å². The van der Waals surface area contributed by atoms with Gasteiger partial charge in [0.25, 0.3) is 6.43 Å². The fourth-order valence-electron chi connectivity index (χ4n) is 1.17. The fraction of sp³-hybridized carbons (Fsp3) is 0.333. The highest BCUT2D eigenvalue weighted by Gasteiger charge is 2.33. The molecule has 1 aromatic rings. The molecule has 0 aliphatic carbocycles. The fourth-order valence-corrected chi connectivity index (χ4v) is 1.72. The Bertz CT molecular complexity index is 491. The van der Waals surface area contributed by atoms with Gasteiger partial charge in [0, 0.05) is 11.6 Å². The third-order valence-corrected chi connectivity index (χ3v) is 2.49. The molecular formula is C9H5BrF5NO3. The molecule has 1 heterocycles. The highest BCUT2D eigenvalue weighted by Crippen LogP contribution is 2.34. The van der Waals surface area contributed by atoms with Gasteiger partial charge < -0.3 is 9.84 Å². The van der Waals surface area contributed by atoms with Crippen molar-refractivity contribution in [1.82, 2.24) is 4.98 Å². The van der Waals surface area contributed by atoms with Crippen LogP contribution in [0.15, 0.2) is 10.7 Å². The van der Waals surface area contributed by atoms with Gasteiger partial charge in [-0.2, -0.15) is 0 Å². The van der Waals surface area contributed by atoms with E-state index in [1.807, 2.05) is 0 Å². The number of pyridine rings is 1. The van der Waals surface area contributed by atoms with Crippen molar-refractivity contribution < 1.29 is 36.6 Å². The lowest BCUT2D eigenvalue weighted by molar-refractivity contribution is -0.275. The molecule has 19 heavy (non-hydrogen) atoms. The largest absolute Gasteiger partial charge is 0.573 e. The molecule has 0 amide bonds. The molecule has 0 bridgehead atoms. The van der Waals surface area contributed by atoms with Crippen molar-refractivity contribution >= 4 is 21.9 Å². The summed E-state index contributed by atoms with van der Waals surface area (Å²) >= 11 is 2.65. The molecule has 1 N–H and O–H groups in total. The van der Waals surface area contributed by atoms with Crippen molar-refractivity contribution in [3.8, 4) is 5.75 Å². The maximum Gasteiger partial charge on any atom is 0.573 e. The summed E-state index contributed by atoms with van der Waals surface area (Å²) in [5.74, 6) is -2.48. The second-order valence-corrected chi connectivity index (χ2v) is 3.98. The molecule has 0 radical (unpaired) electrons. The number of carbonyl (C=O) groups is 1. The van der Waals surface area contributed by atoms with Crippen LogP contribution in [0.5, 0.6) is 5.75 Å². The normalized spacial score (nSPS) is 11.7. The summed E-state index contributed by atoms with van der Waals surface area (Å²) in [5.41, 5.74) is -1.44. The summed E-state index contributed by atoms with van der Waals surface area (Å²) in [4.78, 5) is 13.8. The minimum absolute atomic E-state index is 0.362. The lowest BCUT2D eigenvalue weighted by atomic mass is 10.1. The summed E-state index contributed by atoms with van der Waals surface area (Å²) in [6.45, 7) is 0. The first-order valence-corrected chi connectivity index (χ1v) is 5.34. The van der Waals surface area contributed by atoms with Crippen LogP contribution in [0.1, 0.15) is 17.7 Å². The molecule has 0 saturated heterocycles. The molecule has 0 aliphatic rings. The molecule has 0 fully saturated rings. The minimum Gasteiger partial charge on any atom is -0.481 e. The Morgan fingerprint density at radius 3 is 2.47 bits per heavy atom. The van der Waals surface area contributed by atoms with Gasteiger partial charge in [0.15, 0.2) is 0 Å². The van der Waals surface area contributed by atoms with Gasteiger partial charge in [0.05, 0.1) is 6.42 Å². The van der Waals surface area contributed by atoms with E-state index in [-0.39, 0.29) is 0 Å². The van der Waals surface area contributed by atoms with E-state index in [1.165, 1.54) is 0 Å². The smallest absolute Gasteiger partial charge is 0.481 e. The van der Waals surface area contributed by atoms with Gasteiger partial charge in [0.2, 0.25) is 0 Å². The third kappa shape index (κ3) is 4.62. The van der Waals surface area contributed by atoms with Crippen LogP contribution in [0, 0.1) is 0 Å². The molecule has 1 aromatic heterocycles. The van der Waals surface area contributed by atoms with E-state index in [2.05, 4.69) is 25.7 Å². The number of ether oxygens (including phenoxy) is 1. The van der Waals surface area contributed by atoms with Crippen molar-refractivity contribution in [3.63, 3.8) is 0 Å². The highest BCUT2D eigenvalue weighted by atomic mass is 79.9. The van der Waals surface area contributed by atoms with Crippen molar-refractivity contribution in [2.75, 3.05) is 0 Å². The zero-order valence-corrected chi connectivity index (χ0v) is 10.4. The number of carboxylic acid groups (broad SMARTS) is 1. The first-order valence-electron chi connectivity index (χ1n) is 4.55. The molecule has 0 saturated carbocycles. The van der Waals surface area contributed by atoms with Crippen LogP contribution >= 0.6 is 15.9 Å². The van der Waals surface area contributed by atoms with Crippen molar-refractivity contribution in [2.45, 2.75) is 19.2 Å². The van der Waals surface area contributed by atoms with Gasteiger partial charge in [-0.15, -0.1) is 13.2 Å². The number of nitrogens with zero attached hydrogens (tertiary/aromatic N) is 1. The Balaban J connectivity index is 3.31. The van der Waals surface area contributed by atoms with E-state index in [1.54, 1.807) is 0 Å². The summed E-state index contributed by atoms with van der Waals surface area (Å²) in [5, 5.41) is 8.56. The molecule has 4 nitrogen and oxygen atoms in total. The summed E-state index contributed by atoms with van der Waals surface area (Å²) in [6, 6.07) is 0.362. The van der Waals surface area contributed by atoms with Gasteiger partial charge in [-0.25, -0.2) is 13.8 Å². The van der Waals surface area contributed by atoms with Crippen LogP contribution in [-0.4, -0.2) is 22.4 Å². The number of rotatable bonds is 4. The average Bonchev–Trinajstić information content (AvgIpc) is 2.19. The number of alkyl halides is 5. The summed E-state index contributed by atoms with van der Waals surface area (Å²) < 4.78 is 64.3. The third-order valence-electron chi connectivity index (χ3n) is 1.83. The van der Waals surface area contributed by atoms with Gasteiger partial charge in [-0.1, -0.05) is 0 Å². The number of aromatic nitrogens is 1. The molecule has 0 aliphatic heterocycles. The van der Waals surface area contributed by atoms with Crippen LogP contribution in [-0.2, 0) is 11.2 Å². The molecular weight excluding hydrogens is 345 g/mol. The number of aliphatic carboxylic acids is 1. The van der Waals surface area contributed by atoms with E-state index >= 15 is 0 Å². The Hall–Kier alpha value is -1.45. The van der Waals surface area contributed by atoms with Crippen LogP contribution in [0.3, 0.4) is 0 Å². The lowest BCUT2D eigenvalue weighted by Crippen LogP contribution is -2.19. The van der Waals surface area contributed by atoms with Gasteiger partial charge in [0.1, 0.15) is 16.0 Å². The molecule has 0 spiro atoms. The van der Waals surface area contributed by atoms with Crippen LogP contribution < -0.4 is 4.74 Å². The van der Waals surface area contributed by atoms with Gasteiger partial charge in [-0.05, 0) is 15.9 Å². The lowest BCUT2D eigenvalue weighted by Gasteiger charge is -2.14. The zero-order valence-electron chi connectivity index (χ0n) is 8.84. The number of halogens is 6. The van der Waals surface area contributed by atoms with E-state index in [0.717, 1.165) is 0 Å². The Morgan fingerprint density at radius 1 is 1.47 bits per heavy atom. The van der Waals surface area contributed by atoms with Crippen LogP contribution in [0.2, 0.25) is 0 Å². The second-order valence-electron chi connectivity index (χ2n) is 3.23. The van der Waals surface area contributed by atoms with E-state index in [4.69, 9.17) is 5.11 Å². The Labute approximate surface area is 111 Å². The quantitative estimate of drug-likeness (QED) is 0.669. The van der Waals surface area contributed by atoms with Crippen molar-refractivity contribution in [3.05, 3.63) is 21.9 Å². The maximum atomic E-state index is 12.4. The minimum atomic E-state index is -5.13. The standard InChI is InChI=1S/C9H5BrF5NO3/c10-7-3(1-6(17)18)5(19-9(13,14)15)2-4(16-7)8(11)12/h2,8H,1H2,(H,17,18). The van der Waals surface area contributed by atoms with Crippen LogP contribution in [0.25, 0.3) is 0 Å². The van der Waals surface area contributed by atoms with E-state index in [9.17, 15) is 26.7 Å². The topological polar surface area (TPSA) is 59.4 Å². The average molecular weight is 350 g/mol. The Morgan fingerprint density at radius 2 is 2.05 bits per heavy atom. The maximum absolute atomic E-state index is 12.4. The SMILES string of the molecule is O=C(O)Cc1c(OC(F)(F)F)cc(C(F)F)nc1Br. The number of hydrogen-bond acceptors (Lipinski definition) is 3. The number of carboxylic acids is 1. The first-order chi connectivity index (χ1) is 8.60. The predicted molar refractivity (Wildman–Crippen MR) is 54.9 cm³/mol. The summed E-state index contributed by atoms with van der Waals surface area (Å²) in [6.07, 6.45) is -9.11. The summed E-state index contributed by atoms with van der Waals surface area (Å²) in [7, 11) is 0. The van der Waals surface area contributed by atoms with E-state index < -0.39 is 46.8 Å². The highest BCUT2D eigenvalue weighted by molar-refractivity contribution is 9.10. The Kier molecular flexibility index (Phi) is 4.66. The monoisotopic (exact) mass is 349 g/mol. The van der Waals surface area contributed by atoms with E-state index in [0.29, 0.717) is 6.07 Å². The molecule has 0 unspecified atom stereocenters. The molecule has 106 valence electrons. The molecule has 0 atom stereocenters. The molecule has 10 heteroatoms.